The van der Waals surface area contributed by atoms with Crippen molar-refractivity contribution < 1.29 is 4.79 Å². The molecule has 1 heterocycles. The number of aromatic nitrogens is 1. The second kappa shape index (κ2) is 6.07. The van der Waals surface area contributed by atoms with Crippen molar-refractivity contribution in [2.24, 2.45) is 0 Å². The Bertz CT molecular complexity index is 801. The summed E-state index contributed by atoms with van der Waals surface area (Å²) in [6, 6.07) is 11.7. The lowest BCUT2D eigenvalue weighted by atomic mass is 10.1. The third kappa shape index (κ3) is 3.13. The summed E-state index contributed by atoms with van der Waals surface area (Å²) in [7, 11) is 0. The van der Waals surface area contributed by atoms with Crippen LogP contribution in [-0.4, -0.2) is 10.9 Å². The van der Waals surface area contributed by atoms with Crippen molar-refractivity contribution in [3.63, 3.8) is 0 Å². The molecule has 0 bridgehead atoms. The SMILES string of the molecule is Cc1ccc(CC(=O)Nc2nc3c(C)ccc(Cl)c3s2)cc1. The molecule has 1 N–H and O–H groups in total. The van der Waals surface area contributed by atoms with Crippen LogP contribution in [0.25, 0.3) is 10.2 Å². The molecule has 22 heavy (non-hydrogen) atoms. The Kier molecular flexibility index (Phi) is 4.14. The molecule has 0 aliphatic rings. The van der Waals surface area contributed by atoms with Gasteiger partial charge >= 0.3 is 0 Å². The fourth-order valence-electron chi connectivity index (χ4n) is 2.21. The van der Waals surface area contributed by atoms with Crippen LogP contribution in [0.3, 0.4) is 0 Å². The molecule has 0 saturated carbocycles. The van der Waals surface area contributed by atoms with E-state index in [1.807, 2.05) is 50.2 Å². The van der Waals surface area contributed by atoms with Gasteiger partial charge in [0.05, 0.1) is 21.7 Å². The maximum absolute atomic E-state index is 12.1. The third-order valence-corrected chi connectivity index (χ3v) is 4.86. The highest BCUT2D eigenvalue weighted by atomic mass is 35.5. The van der Waals surface area contributed by atoms with E-state index in [2.05, 4.69) is 10.3 Å². The molecule has 0 saturated heterocycles. The number of amides is 1. The number of carbonyl (C=O) groups excluding carboxylic acids is 1. The van der Waals surface area contributed by atoms with Crippen molar-refractivity contribution in [3.05, 3.63) is 58.1 Å². The Morgan fingerprint density at radius 1 is 1.18 bits per heavy atom. The zero-order valence-electron chi connectivity index (χ0n) is 12.3. The number of rotatable bonds is 3. The Labute approximate surface area is 138 Å². The first-order valence-corrected chi connectivity index (χ1v) is 8.13. The van der Waals surface area contributed by atoms with Gasteiger partial charge in [0.1, 0.15) is 0 Å². The van der Waals surface area contributed by atoms with Crippen LogP contribution in [0.1, 0.15) is 16.7 Å². The van der Waals surface area contributed by atoms with Gasteiger partial charge in [-0.05, 0) is 31.0 Å². The summed E-state index contributed by atoms with van der Waals surface area (Å²) in [5.74, 6) is -0.0725. The standard InChI is InChI=1S/C17H15ClN2OS/c1-10-3-6-12(7-4-10)9-14(21)19-17-20-15-11(2)5-8-13(18)16(15)22-17/h3-8H,9H2,1-2H3,(H,19,20,21). The summed E-state index contributed by atoms with van der Waals surface area (Å²) < 4.78 is 0.910. The van der Waals surface area contributed by atoms with Gasteiger partial charge in [-0.25, -0.2) is 4.98 Å². The molecule has 112 valence electrons. The molecule has 0 radical (unpaired) electrons. The van der Waals surface area contributed by atoms with E-state index in [4.69, 9.17) is 11.6 Å². The molecule has 0 atom stereocenters. The molecule has 2 aromatic carbocycles. The summed E-state index contributed by atoms with van der Waals surface area (Å²) >= 11 is 7.59. The maximum atomic E-state index is 12.1. The van der Waals surface area contributed by atoms with Crippen LogP contribution in [0.4, 0.5) is 5.13 Å². The number of fused-ring (bicyclic) bond motifs is 1. The molecule has 3 rings (SSSR count). The lowest BCUT2D eigenvalue weighted by Crippen LogP contribution is -2.14. The van der Waals surface area contributed by atoms with E-state index in [0.29, 0.717) is 16.6 Å². The number of carbonyl (C=O) groups is 1. The molecule has 0 fully saturated rings. The zero-order valence-corrected chi connectivity index (χ0v) is 13.9. The van der Waals surface area contributed by atoms with E-state index < -0.39 is 0 Å². The molecule has 0 aliphatic carbocycles. The molecule has 1 amide bonds. The van der Waals surface area contributed by atoms with Crippen molar-refractivity contribution in [2.75, 3.05) is 5.32 Å². The summed E-state index contributed by atoms with van der Waals surface area (Å²) in [4.78, 5) is 16.6. The van der Waals surface area contributed by atoms with Gasteiger partial charge in [0, 0.05) is 0 Å². The monoisotopic (exact) mass is 330 g/mol. The highest BCUT2D eigenvalue weighted by Crippen LogP contribution is 2.33. The van der Waals surface area contributed by atoms with Crippen molar-refractivity contribution in [2.45, 2.75) is 20.3 Å². The normalized spacial score (nSPS) is 10.9. The fourth-order valence-corrected chi connectivity index (χ4v) is 3.44. The first-order valence-electron chi connectivity index (χ1n) is 6.94. The Morgan fingerprint density at radius 2 is 1.91 bits per heavy atom. The van der Waals surface area contributed by atoms with Crippen molar-refractivity contribution in [3.8, 4) is 0 Å². The van der Waals surface area contributed by atoms with Gasteiger partial charge in [0.2, 0.25) is 5.91 Å². The van der Waals surface area contributed by atoms with Gasteiger partial charge in [0.15, 0.2) is 5.13 Å². The maximum Gasteiger partial charge on any atom is 0.230 e. The number of halogens is 1. The minimum absolute atomic E-state index is 0.0725. The quantitative estimate of drug-likeness (QED) is 0.753. The Hall–Kier alpha value is -1.91. The number of benzene rings is 2. The Balaban J connectivity index is 1.78. The zero-order chi connectivity index (χ0) is 15.7. The van der Waals surface area contributed by atoms with Crippen LogP contribution in [0.5, 0.6) is 0 Å². The fraction of sp³-hybridized carbons (Fsp3) is 0.176. The van der Waals surface area contributed by atoms with E-state index in [1.54, 1.807) is 0 Å². The van der Waals surface area contributed by atoms with Crippen molar-refractivity contribution in [1.82, 2.24) is 4.98 Å². The van der Waals surface area contributed by atoms with Gasteiger partial charge in [-0.1, -0.05) is 58.8 Å². The van der Waals surface area contributed by atoms with Gasteiger partial charge in [-0.3, -0.25) is 4.79 Å². The van der Waals surface area contributed by atoms with E-state index in [-0.39, 0.29) is 5.91 Å². The van der Waals surface area contributed by atoms with E-state index in [1.165, 1.54) is 16.9 Å². The van der Waals surface area contributed by atoms with E-state index in [0.717, 1.165) is 21.3 Å². The van der Waals surface area contributed by atoms with Gasteiger partial charge in [0.25, 0.3) is 0 Å². The first-order chi connectivity index (χ1) is 10.5. The second-order valence-electron chi connectivity index (χ2n) is 5.27. The number of nitrogens with zero attached hydrogens (tertiary/aromatic N) is 1. The summed E-state index contributed by atoms with van der Waals surface area (Å²) in [5.41, 5.74) is 4.07. The molecular weight excluding hydrogens is 316 g/mol. The highest BCUT2D eigenvalue weighted by Gasteiger charge is 2.12. The number of aryl methyl sites for hydroxylation is 2. The number of nitrogens with one attached hydrogen (secondary N) is 1. The summed E-state index contributed by atoms with van der Waals surface area (Å²) in [6.45, 7) is 4.01. The van der Waals surface area contributed by atoms with Crippen LogP contribution >= 0.6 is 22.9 Å². The van der Waals surface area contributed by atoms with Crippen LogP contribution in [-0.2, 0) is 11.2 Å². The molecule has 5 heteroatoms. The van der Waals surface area contributed by atoms with Crippen LogP contribution < -0.4 is 5.32 Å². The molecular formula is C17H15ClN2OS. The average Bonchev–Trinajstić information content (AvgIpc) is 2.90. The van der Waals surface area contributed by atoms with Crippen LogP contribution in [0.15, 0.2) is 36.4 Å². The van der Waals surface area contributed by atoms with Crippen LogP contribution in [0.2, 0.25) is 5.02 Å². The lowest BCUT2D eigenvalue weighted by molar-refractivity contribution is -0.115. The second-order valence-corrected chi connectivity index (χ2v) is 6.68. The molecule has 0 spiro atoms. The lowest BCUT2D eigenvalue weighted by Gasteiger charge is -2.02. The first kappa shape index (κ1) is 15.0. The average molecular weight is 331 g/mol. The van der Waals surface area contributed by atoms with E-state index >= 15 is 0 Å². The smallest absolute Gasteiger partial charge is 0.230 e. The summed E-state index contributed by atoms with van der Waals surface area (Å²) in [5, 5.41) is 4.11. The van der Waals surface area contributed by atoms with Crippen molar-refractivity contribution in [1.29, 1.82) is 0 Å². The number of anilines is 1. The number of hydrogen-bond donors (Lipinski definition) is 1. The molecule has 3 aromatic rings. The minimum Gasteiger partial charge on any atom is -0.302 e. The van der Waals surface area contributed by atoms with Gasteiger partial charge < -0.3 is 5.32 Å². The third-order valence-electron chi connectivity index (χ3n) is 3.43. The summed E-state index contributed by atoms with van der Waals surface area (Å²) in [6.07, 6.45) is 0.336. The predicted octanol–water partition coefficient (Wildman–Crippen LogP) is 4.75. The predicted molar refractivity (Wildman–Crippen MR) is 92.9 cm³/mol. The Morgan fingerprint density at radius 3 is 2.59 bits per heavy atom. The van der Waals surface area contributed by atoms with Gasteiger partial charge in [-0.15, -0.1) is 0 Å². The minimum atomic E-state index is -0.0725. The number of hydrogen-bond acceptors (Lipinski definition) is 3. The molecule has 3 nitrogen and oxygen atoms in total. The largest absolute Gasteiger partial charge is 0.302 e. The number of thiazole rings is 1. The van der Waals surface area contributed by atoms with Crippen molar-refractivity contribution >= 4 is 44.2 Å². The van der Waals surface area contributed by atoms with Gasteiger partial charge in [-0.2, -0.15) is 0 Å². The van der Waals surface area contributed by atoms with E-state index in [9.17, 15) is 4.79 Å². The topological polar surface area (TPSA) is 42.0 Å². The molecule has 1 aromatic heterocycles. The highest BCUT2D eigenvalue weighted by molar-refractivity contribution is 7.23. The molecule has 0 unspecified atom stereocenters. The van der Waals surface area contributed by atoms with Crippen LogP contribution in [0, 0.1) is 13.8 Å². The molecule has 0 aliphatic heterocycles.